The van der Waals surface area contributed by atoms with Crippen molar-refractivity contribution in [2.24, 2.45) is 17.3 Å². The zero-order valence-electron chi connectivity index (χ0n) is 11.6. The summed E-state index contributed by atoms with van der Waals surface area (Å²) >= 11 is 0. The van der Waals surface area contributed by atoms with Crippen LogP contribution in [0.25, 0.3) is 0 Å². The number of hydrogen-bond donors (Lipinski definition) is 0. The number of carbonyl (C=O) groups excluding carboxylic acids is 2. The fourth-order valence-corrected chi connectivity index (χ4v) is 2.75. The van der Waals surface area contributed by atoms with E-state index in [9.17, 15) is 9.59 Å². The van der Waals surface area contributed by atoms with Gasteiger partial charge in [0.05, 0.1) is 5.92 Å². The molecule has 104 valence electrons. The van der Waals surface area contributed by atoms with Crippen molar-refractivity contribution in [1.29, 1.82) is 0 Å². The molecule has 1 aliphatic carbocycles. The zero-order valence-corrected chi connectivity index (χ0v) is 11.6. The zero-order chi connectivity index (χ0) is 13.6. The topological polar surface area (TPSA) is 52.6 Å². The van der Waals surface area contributed by atoms with E-state index in [0.717, 1.165) is 12.8 Å². The fourth-order valence-electron chi connectivity index (χ4n) is 2.75. The normalized spacial score (nSPS) is 24.1. The van der Waals surface area contributed by atoms with E-state index in [-0.39, 0.29) is 25.1 Å². The smallest absolute Gasteiger partial charge is 0.309 e. The van der Waals surface area contributed by atoms with Gasteiger partial charge in [-0.05, 0) is 30.6 Å². The van der Waals surface area contributed by atoms with Crippen LogP contribution in [-0.2, 0) is 19.1 Å². The molecule has 0 bridgehead atoms. The second-order valence-corrected chi connectivity index (χ2v) is 5.94. The molecule has 0 aliphatic heterocycles. The van der Waals surface area contributed by atoms with E-state index >= 15 is 0 Å². The lowest BCUT2D eigenvalue weighted by Crippen LogP contribution is -2.31. The average Bonchev–Trinajstić information content (AvgIpc) is 2.32. The lowest BCUT2D eigenvalue weighted by Gasteiger charge is -2.37. The monoisotopic (exact) mass is 256 g/mol. The first-order chi connectivity index (χ1) is 8.46. The molecule has 0 radical (unpaired) electrons. The van der Waals surface area contributed by atoms with Crippen LogP contribution in [-0.4, -0.2) is 25.7 Å². The Morgan fingerprint density at radius 1 is 1.44 bits per heavy atom. The van der Waals surface area contributed by atoms with E-state index < -0.39 is 0 Å². The van der Waals surface area contributed by atoms with Crippen molar-refractivity contribution < 1.29 is 19.1 Å². The number of hydrogen-bond acceptors (Lipinski definition) is 4. The predicted molar refractivity (Wildman–Crippen MR) is 67.9 cm³/mol. The van der Waals surface area contributed by atoms with E-state index in [4.69, 9.17) is 4.74 Å². The summed E-state index contributed by atoms with van der Waals surface area (Å²) in [4.78, 5) is 21.8. The van der Waals surface area contributed by atoms with E-state index in [1.807, 2.05) is 6.92 Å². The second-order valence-electron chi connectivity index (χ2n) is 5.94. The fraction of sp³-hybridized carbons (Fsp3) is 0.857. The quantitative estimate of drug-likeness (QED) is 0.416. The van der Waals surface area contributed by atoms with Gasteiger partial charge >= 0.3 is 5.97 Å². The number of carbonyl (C=O) groups is 2. The Kier molecular flexibility index (Phi) is 5.63. The van der Waals surface area contributed by atoms with Gasteiger partial charge in [-0.2, -0.15) is 0 Å². The van der Waals surface area contributed by atoms with Crippen LogP contribution in [0.2, 0.25) is 0 Å². The lowest BCUT2D eigenvalue weighted by molar-refractivity contribution is -0.153. The van der Waals surface area contributed by atoms with Crippen molar-refractivity contribution in [1.82, 2.24) is 0 Å². The maximum absolute atomic E-state index is 11.9. The van der Waals surface area contributed by atoms with Crippen molar-refractivity contribution in [2.75, 3.05) is 13.2 Å². The molecule has 18 heavy (non-hydrogen) atoms. The first kappa shape index (κ1) is 15.0. The molecule has 0 saturated heterocycles. The molecule has 0 amide bonds. The van der Waals surface area contributed by atoms with E-state index in [0.29, 0.717) is 17.8 Å². The summed E-state index contributed by atoms with van der Waals surface area (Å²) in [5.74, 6) is 0.168. The van der Waals surface area contributed by atoms with Crippen LogP contribution in [0.4, 0.5) is 0 Å². The largest absolute Gasteiger partial charge is 0.464 e. The predicted octanol–water partition coefficient (Wildman–Crippen LogP) is 2.56. The van der Waals surface area contributed by atoms with Gasteiger partial charge < -0.3 is 9.47 Å². The Morgan fingerprint density at radius 3 is 2.78 bits per heavy atom. The SMILES string of the molecule is C[C@@H](C(=O)OCCOC=O)[C@@H]1CCCC(C)(C)C1. The molecule has 0 unspecified atom stereocenters. The number of ether oxygens (including phenoxy) is 2. The van der Waals surface area contributed by atoms with Crippen LogP contribution in [0.3, 0.4) is 0 Å². The second kappa shape index (κ2) is 6.76. The van der Waals surface area contributed by atoms with Crippen LogP contribution in [0.5, 0.6) is 0 Å². The molecular formula is C14H24O4. The highest BCUT2D eigenvalue weighted by molar-refractivity contribution is 5.72. The molecule has 4 nitrogen and oxygen atoms in total. The Morgan fingerprint density at radius 2 is 2.17 bits per heavy atom. The van der Waals surface area contributed by atoms with Gasteiger partial charge in [-0.15, -0.1) is 0 Å². The molecule has 0 aromatic heterocycles. The molecule has 0 heterocycles. The molecule has 1 aliphatic rings. The highest BCUT2D eigenvalue weighted by Gasteiger charge is 2.34. The van der Waals surface area contributed by atoms with Gasteiger partial charge in [0.2, 0.25) is 0 Å². The molecular weight excluding hydrogens is 232 g/mol. The third kappa shape index (κ3) is 4.67. The minimum absolute atomic E-state index is 0.0687. The minimum Gasteiger partial charge on any atom is -0.464 e. The first-order valence-electron chi connectivity index (χ1n) is 6.68. The Bertz CT molecular complexity index is 286. The summed E-state index contributed by atoms with van der Waals surface area (Å²) in [6.45, 7) is 7.11. The van der Waals surface area contributed by atoms with Gasteiger partial charge in [-0.3, -0.25) is 9.59 Å². The molecule has 0 spiro atoms. The standard InChI is InChI=1S/C14H24O4/c1-11(13(16)18-8-7-17-10-15)12-5-4-6-14(2,3)9-12/h10-12H,4-9H2,1-3H3/t11-,12-/m1/s1. The van der Waals surface area contributed by atoms with Gasteiger partial charge in [0.15, 0.2) is 0 Å². The highest BCUT2D eigenvalue weighted by Crippen LogP contribution is 2.41. The Balaban J connectivity index is 2.35. The molecule has 0 N–H and O–H groups in total. The van der Waals surface area contributed by atoms with Gasteiger partial charge in [0, 0.05) is 0 Å². The van der Waals surface area contributed by atoms with Crippen LogP contribution in [0.1, 0.15) is 46.5 Å². The molecule has 0 aromatic carbocycles. The Labute approximate surface area is 109 Å². The molecule has 4 heteroatoms. The molecule has 2 atom stereocenters. The third-order valence-electron chi connectivity index (χ3n) is 3.84. The van der Waals surface area contributed by atoms with E-state index in [1.54, 1.807) is 0 Å². The Hall–Kier alpha value is -1.06. The summed E-state index contributed by atoms with van der Waals surface area (Å²) in [5.41, 5.74) is 0.331. The van der Waals surface area contributed by atoms with Crippen LogP contribution < -0.4 is 0 Å². The van der Waals surface area contributed by atoms with Crippen LogP contribution in [0, 0.1) is 17.3 Å². The van der Waals surface area contributed by atoms with E-state index in [2.05, 4.69) is 18.6 Å². The van der Waals surface area contributed by atoms with Crippen molar-refractivity contribution in [3.05, 3.63) is 0 Å². The maximum atomic E-state index is 11.9. The maximum Gasteiger partial charge on any atom is 0.309 e. The number of rotatable bonds is 6. The number of esters is 1. The molecule has 1 rings (SSSR count). The van der Waals surface area contributed by atoms with E-state index in [1.165, 1.54) is 12.8 Å². The summed E-state index contributed by atoms with van der Waals surface area (Å²) < 4.78 is 9.59. The van der Waals surface area contributed by atoms with Gasteiger partial charge in [-0.25, -0.2) is 0 Å². The average molecular weight is 256 g/mol. The summed E-state index contributed by atoms with van der Waals surface area (Å²) in [6, 6.07) is 0. The van der Waals surface area contributed by atoms with Crippen LogP contribution in [0.15, 0.2) is 0 Å². The summed E-state index contributed by atoms with van der Waals surface area (Å²) in [5, 5.41) is 0. The van der Waals surface area contributed by atoms with Crippen molar-refractivity contribution in [3.8, 4) is 0 Å². The summed E-state index contributed by atoms with van der Waals surface area (Å²) in [6.07, 6.45) is 4.60. The lowest BCUT2D eigenvalue weighted by atomic mass is 9.68. The minimum atomic E-state index is -0.174. The molecule has 1 saturated carbocycles. The van der Waals surface area contributed by atoms with Crippen molar-refractivity contribution in [3.63, 3.8) is 0 Å². The molecule has 0 aromatic rings. The third-order valence-corrected chi connectivity index (χ3v) is 3.84. The van der Waals surface area contributed by atoms with Crippen molar-refractivity contribution in [2.45, 2.75) is 46.5 Å². The van der Waals surface area contributed by atoms with Gasteiger partial charge in [-0.1, -0.05) is 27.2 Å². The molecule has 1 fully saturated rings. The highest BCUT2D eigenvalue weighted by atomic mass is 16.6. The van der Waals surface area contributed by atoms with Gasteiger partial charge in [0.1, 0.15) is 13.2 Å². The van der Waals surface area contributed by atoms with Gasteiger partial charge in [0.25, 0.3) is 6.47 Å². The summed E-state index contributed by atoms with van der Waals surface area (Å²) in [7, 11) is 0. The van der Waals surface area contributed by atoms with Crippen molar-refractivity contribution >= 4 is 12.4 Å². The van der Waals surface area contributed by atoms with Crippen LogP contribution >= 0.6 is 0 Å². The first-order valence-corrected chi connectivity index (χ1v) is 6.68.